The number of ketones is 1. The van der Waals surface area contributed by atoms with E-state index in [0.717, 1.165) is 11.1 Å². The maximum atomic E-state index is 12.3. The van der Waals surface area contributed by atoms with Gasteiger partial charge in [0.2, 0.25) is 5.89 Å². The third kappa shape index (κ3) is 2.45. The van der Waals surface area contributed by atoms with E-state index in [1.807, 2.05) is 31.2 Å². The number of oxazole rings is 1. The number of para-hydroxylation sites is 2. The van der Waals surface area contributed by atoms with Gasteiger partial charge in [-0.05, 0) is 42.8 Å². The van der Waals surface area contributed by atoms with Crippen LogP contribution in [0.1, 0.15) is 21.8 Å². The molecule has 0 radical (unpaired) electrons. The molecule has 0 aliphatic rings. The monoisotopic (exact) mass is 285 g/mol. The number of carbonyl (C=O) groups excluding carboxylic acids is 1. The normalized spacial score (nSPS) is 10.9. The number of benzene rings is 2. The topological polar surface area (TPSA) is 43.1 Å². The van der Waals surface area contributed by atoms with Gasteiger partial charge in [0.15, 0.2) is 11.4 Å². The van der Waals surface area contributed by atoms with Gasteiger partial charge in [-0.1, -0.05) is 23.7 Å². The minimum Gasteiger partial charge on any atom is -0.440 e. The SMILES string of the molecule is Cc1cc(Cl)ccc1C(=O)Cc1nc2ccccc2o1. The number of nitrogens with zero attached hydrogens (tertiary/aromatic N) is 1. The van der Waals surface area contributed by atoms with Crippen LogP contribution in [0.4, 0.5) is 0 Å². The van der Waals surface area contributed by atoms with E-state index >= 15 is 0 Å². The van der Waals surface area contributed by atoms with Crippen molar-refractivity contribution in [2.24, 2.45) is 0 Å². The summed E-state index contributed by atoms with van der Waals surface area (Å²) in [6, 6.07) is 12.7. The lowest BCUT2D eigenvalue weighted by atomic mass is 10.0. The molecule has 3 rings (SSSR count). The first-order valence-corrected chi connectivity index (χ1v) is 6.65. The molecular formula is C16H12ClNO2. The molecule has 0 saturated carbocycles. The summed E-state index contributed by atoms with van der Waals surface area (Å²) in [4.78, 5) is 16.6. The largest absolute Gasteiger partial charge is 0.440 e. The van der Waals surface area contributed by atoms with E-state index in [0.29, 0.717) is 22.1 Å². The minimum absolute atomic E-state index is 0.0225. The van der Waals surface area contributed by atoms with Crippen LogP contribution in [0.15, 0.2) is 46.9 Å². The van der Waals surface area contributed by atoms with Crippen LogP contribution >= 0.6 is 11.6 Å². The number of fused-ring (bicyclic) bond motifs is 1. The molecule has 0 bridgehead atoms. The molecule has 0 fully saturated rings. The third-order valence-electron chi connectivity index (χ3n) is 3.14. The number of Topliss-reactive ketones (excluding diaryl/α,β-unsaturated/α-hetero) is 1. The van der Waals surface area contributed by atoms with Crippen molar-refractivity contribution in [3.05, 3.63) is 64.5 Å². The van der Waals surface area contributed by atoms with Crippen molar-refractivity contribution in [3.8, 4) is 0 Å². The maximum Gasteiger partial charge on any atom is 0.203 e. The van der Waals surface area contributed by atoms with Crippen molar-refractivity contribution >= 4 is 28.5 Å². The van der Waals surface area contributed by atoms with Gasteiger partial charge in [0.1, 0.15) is 5.52 Å². The zero-order valence-electron chi connectivity index (χ0n) is 10.9. The Morgan fingerprint density at radius 1 is 1.25 bits per heavy atom. The second-order valence-electron chi connectivity index (χ2n) is 4.63. The zero-order chi connectivity index (χ0) is 14.1. The lowest BCUT2D eigenvalue weighted by Crippen LogP contribution is -2.05. The highest BCUT2D eigenvalue weighted by Gasteiger charge is 2.14. The summed E-state index contributed by atoms with van der Waals surface area (Å²) < 4.78 is 5.57. The second-order valence-corrected chi connectivity index (χ2v) is 5.07. The lowest BCUT2D eigenvalue weighted by Gasteiger charge is -2.03. The number of aryl methyl sites for hydroxylation is 1. The van der Waals surface area contributed by atoms with Crippen LogP contribution < -0.4 is 0 Å². The molecule has 0 amide bonds. The Labute approximate surface area is 121 Å². The molecule has 3 nitrogen and oxygen atoms in total. The first kappa shape index (κ1) is 12.9. The Bertz CT molecular complexity index is 759. The van der Waals surface area contributed by atoms with Gasteiger partial charge in [0.05, 0.1) is 6.42 Å². The smallest absolute Gasteiger partial charge is 0.203 e. The average molecular weight is 286 g/mol. The highest BCUT2D eigenvalue weighted by molar-refractivity contribution is 6.30. The van der Waals surface area contributed by atoms with Gasteiger partial charge in [-0.15, -0.1) is 0 Å². The average Bonchev–Trinajstić information content (AvgIpc) is 2.80. The van der Waals surface area contributed by atoms with Crippen molar-refractivity contribution in [3.63, 3.8) is 0 Å². The van der Waals surface area contributed by atoms with Gasteiger partial charge in [-0.2, -0.15) is 0 Å². The molecule has 4 heteroatoms. The molecule has 1 aromatic heterocycles. The van der Waals surface area contributed by atoms with Crippen molar-refractivity contribution in [1.29, 1.82) is 0 Å². The predicted molar refractivity (Wildman–Crippen MR) is 78.2 cm³/mol. The zero-order valence-corrected chi connectivity index (χ0v) is 11.6. The van der Waals surface area contributed by atoms with E-state index in [1.165, 1.54) is 0 Å². The number of hydrogen-bond donors (Lipinski definition) is 0. The molecule has 2 aromatic carbocycles. The van der Waals surface area contributed by atoms with Crippen LogP contribution in [0.5, 0.6) is 0 Å². The molecule has 0 aliphatic heterocycles. The molecule has 3 aromatic rings. The standard InChI is InChI=1S/C16H12ClNO2/c1-10-8-11(17)6-7-12(10)14(19)9-16-18-13-4-2-3-5-15(13)20-16/h2-8H,9H2,1H3. The van der Waals surface area contributed by atoms with Crippen molar-refractivity contribution in [1.82, 2.24) is 4.98 Å². The van der Waals surface area contributed by atoms with Crippen LogP contribution in [0.3, 0.4) is 0 Å². The quantitative estimate of drug-likeness (QED) is 0.677. The fraction of sp³-hybridized carbons (Fsp3) is 0.125. The molecule has 20 heavy (non-hydrogen) atoms. The predicted octanol–water partition coefficient (Wildman–Crippen LogP) is 4.22. The first-order valence-electron chi connectivity index (χ1n) is 6.27. The fourth-order valence-electron chi connectivity index (χ4n) is 2.17. The Kier molecular flexibility index (Phi) is 3.28. The van der Waals surface area contributed by atoms with E-state index in [2.05, 4.69) is 4.98 Å². The van der Waals surface area contributed by atoms with Crippen molar-refractivity contribution in [2.75, 3.05) is 0 Å². The molecule has 0 unspecified atom stereocenters. The minimum atomic E-state index is -0.0225. The summed E-state index contributed by atoms with van der Waals surface area (Å²) in [5, 5.41) is 0.626. The Morgan fingerprint density at radius 2 is 2.05 bits per heavy atom. The van der Waals surface area contributed by atoms with Crippen LogP contribution in [0.25, 0.3) is 11.1 Å². The summed E-state index contributed by atoms with van der Waals surface area (Å²) in [6.45, 7) is 1.87. The lowest BCUT2D eigenvalue weighted by molar-refractivity contribution is 0.0985. The molecule has 1 heterocycles. The van der Waals surface area contributed by atoms with E-state index in [4.69, 9.17) is 16.0 Å². The van der Waals surface area contributed by atoms with Crippen molar-refractivity contribution in [2.45, 2.75) is 13.3 Å². The van der Waals surface area contributed by atoms with E-state index < -0.39 is 0 Å². The summed E-state index contributed by atoms with van der Waals surface area (Å²) in [5.41, 5.74) is 2.97. The summed E-state index contributed by atoms with van der Waals surface area (Å²) in [6.07, 6.45) is 0.150. The summed E-state index contributed by atoms with van der Waals surface area (Å²) in [7, 11) is 0. The molecule has 0 saturated heterocycles. The van der Waals surface area contributed by atoms with Crippen LogP contribution in [-0.2, 0) is 6.42 Å². The number of carbonyl (C=O) groups is 1. The number of halogens is 1. The van der Waals surface area contributed by atoms with Gasteiger partial charge in [0.25, 0.3) is 0 Å². The highest BCUT2D eigenvalue weighted by atomic mass is 35.5. The number of hydrogen-bond acceptors (Lipinski definition) is 3. The van der Waals surface area contributed by atoms with E-state index in [9.17, 15) is 4.79 Å². The Morgan fingerprint density at radius 3 is 2.80 bits per heavy atom. The maximum absolute atomic E-state index is 12.3. The van der Waals surface area contributed by atoms with Gasteiger partial charge < -0.3 is 4.42 Å². The van der Waals surface area contributed by atoms with Gasteiger partial charge in [0, 0.05) is 10.6 Å². The van der Waals surface area contributed by atoms with E-state index in [1.54, 1.807) is 18.2 Å². The molecule has 0 aliphatic carbocycles. The molecule has 100 valence electrons. The fourth-order valence-corrected chi connectivity index (χ4v) is 2.39. The molecule has 0 spiro atoms. The van der Waals surface area contributed by atoms with Crippen LogP contribution in [0, 0.1) is 6.92 Å². The van der Waals surface area contributed by atoms with Crippen LogP contribution in [-0.4, -0.2) is 10.8 Å². The molecular weight excluding hydrogens is 274 g/mol. The summed E-state index contributed by atoms with van der Waals surface area (Å²) in [5.74, 6) is 0.413. The Hall–Kier alpha value is -2.13. The highest BCUT2D eigenvalue weighted by Crippen LogP contribution is 2.19. The number of rotatable bonds is 3. The second kappa shape index (κ2) is 5.10. The number of aromatic nitrogens is 1. The molecule has 0 N–H and O–H groups in total. The van der Waals surface area contributed by atoms with Gasteiger partial charge in [-0.3, -0.25) is 4.79 Å². The van der Waals surface area contributed by atoms with Crippen LogP contribution in [0.2, 0.25) is 5.02 Å². The first-order chi connectivity index (χ1) is 9.63. The van der Waals surface area contributed by atoms with Gasteiger partial charge in [-0.25, -0.2) is 4.98 Å². The summed E-state index contributed by atoms with van der Waals surface area (Å²) >= 11 is 5.89. The third-order valence-corrected chi connectivity index (χ3v) is 3.37. The van der Waals surface area contributed by atoms with Gasteiger partial charge >= 0.3 is 0 Å². The molecule has 0 atom stereocenters. The van der Waals surface area contributed by atoms with E-state index in [-0.39, 0.29) is 12.2 Å². The van der Waals surface area contributed by atoms with Crippen molar-refractivity contribution < 1.29 is 9.21 Å². The Balaban J connectivity index is 1.88.